The van der Waals surface area contributed by atoms with Crippen LogP contribution in [-0.4, -0.2) is 25.9 Å². The summed E-state index contributed by atoms with van der Waals surface area (Å²) in [4.78, 5) is 0. The Morgan fingerprint density at radius 2 is 1.88 bits per heavy atom. The summed E-state index contributed by atoms with van der Waals surface area (Å²) >= 11 is 0. The van der Waals surface area contributed by atoms with Gasteiger partial charge in [-0.05, 0) is 81.5 Å². The van der Waals surface area contributed by atoms with E-state index in [-0.39, 0.29) is 5.60 Å². The molecule has 1 saturated heterocycles. The van der Waals surface area contributed by atoms with Gasteiger partial charge in [0.1, 0.15) is 5.75 Å². The van der Waals surface area contributed by atoms with E-state index < -0.39 is 0 Å². The average Bonchev–Trinajstić information content (AvgIpc) is 2.60. The van der Waals surface area contributed by atoms with E-state index in [1.165, 1.54) is 37.7 Å². The van der Waals surface area contributed by atoms with Gasteiger partial charge in [-0.3, -0.25) is 0 Å². The van der Waals surface area contributed by atoms with E-state index in [2.05, 4.69) is 45.1 Å². The molecule has 0 amide bonds. The lowest BCUT2D eigenvalue weighted by Gasteiger charge is -2.39. The summed E-state index contributed by atoms with van der Waals surface area (Å²) in [6.45, 7) is 12.1. The molecule has 0 aromatic heterocycles. The lowest BCUT2D eigenvalue weighted by Crippen LogP contribution is -2.37. The largest absolute Gasteiger partial charge is 0.497 e. The minimum atomic E-state index is 0.0511. The number of ether oxygens (including phenoxy) is 2. The molecule has 1 heterocycles. The molecule has 0 radical (unpaired) electrons. The van der Waals surface area contributed by atoms with Crippen molar-refractivity contribution >= 4 is 0 Å². The van der Waals surface area contributed by atoms with Crippen LogP contribution in [0.2, 0.25) is 0 Å². The van der Waals surface area contributed by atoms with Crippen molar-refractivity contribution in [1.82, 2.24) is 5.32 Å². The van der Waals surface area contributed by atoms with E-state index in [1.54, 1.807) is 7.11 Å². The molecular weight excluding hydrogens is 322 g/mol. The van der Waals surface area contributed by atoms with Crippen LogP contribution in [0.15, 0.2) is 24.3 Å². The van der Waals surface area contributed by atoms with Crippen LogP contribution in [0.4, 0.5) is 0 Å². The van der Waals surface area contributed by atoms with E-state index in [4.69, 9.17) is 9.47 Å². The summed E-state index contributed by atoms with van der Waals surface area (Å²) in [6.07, 6.45) is 6.38. The van der Waals surface area contributed by atoms with Gasteiger partial charge in [-0.15, -0.1) is 0 Å². The van der Waals surface area contributed by atoms with Crippen molar-refractivity contribution in [2.24, 2.45) is 17.8 Å². The number of rotatable bonds is 10. The van der Waals surface area contributed by atoms with Crippen LogP contribution >= 0.6 is 0 Å². The molecule has 0 saturated carbocycles. The van der Waals surface area contributed by atoms with Crippen LogP contribution in [-0.2, 0) is 11.3 Å². The van der Waals surface area contributed by atoms with Crippen LogP contribution in [0.25, 0.3) is 0 Å². The molecule has 26 heavy (non-hydrogen) atoms. The van der Waals surface area contributed by atoms with E-state index >= 15 is 0 Å². The second-order valence-corrected chi connectivity index (χ2v) is 8.91. The summed E-state index contributed by atoms with van der Waals surface area (Å²) in [5.41, 5.74) is 1.37. The molecule has 1 N–H and O–H groups in total. The first kappa shape index (κ1) is 21.2. The van der Waals surface area contributed by atoms with Gasteiger partial charge >= 0.3 is 0 Å². The van der Waals surface area contributed by atoms with E-state index in [9.17, 15) is 0 Å². The van der Waals surface area contributed by atoms with Gasteiger partial charge in [0.25, 0.3) is 0 Å². The number of hydrogen-bond acceptors (Lipinski definition) is 3. The zero-order valence-electron chi connectivity index (χ0n) is 17.5. The lowest BCUT2D eigenvalue weighted by atomic mass is 9.75. The summed E-state index contributed by atoms with van der Waals surface area (Å²) in [5.74, 6) is 3.33. The number of methoxy groups -OCH3 is 1. The molecule has 3 heteroatoms. The second-order valence-electron chi connectivity index (χ2n) is 8.91. The highest BCUT2D eigenvalue weighted by molar-refractivity contribution is 5.26. The number of benzene rings is 1. The zero-order valence-corrected chi connectivity index (χ0v) is 17.5. The third kappa shape index (κ3) is 7.28. The van der Waals surface area contributed by atoms with Crippen LogP contribution in [0.1, 0.15) is 65.4 Å². The molecule has 1 aliphatic heterocycles. The smallest absolute Gasteiger partial charge is 0.118 e. The predicted molar refractivity (Wildman–Crippen MR) is 110 cm³/mol. The molecule has 1 aromatic carbocycles. The molecule has 1 aromatic rings. The van der Waals surface area contributed by atoms with E-state index in [0.29, 0.717) is 0 Å². The molecular formula is C23H39NO2. The van der Waals surface area contributed by atoms with Crippen LogP contribution < -0.4 is 10.1 Å². The molecule has 2 rings (SSSR count). The SMILES string of the molecule is COc1ccc(CNCC[C@H](CCC(C)C)[C@H]2CCOC(C)(C)C2)cc1. The van der Waals surface area contributed by atoms with Crippen molar-refractivity contribution in [3.05, 3.63) is 29.8 Å². The summed E-state index contributed by atoms with van der Waals surface area (Å²) < 4.78 is 11.2. The molecule has 2 atom stereocenters. The third-order valence-electron chi connectivity index (χ3n) is 5.70. The van der Waals surface area contributed by atoms with Crippen molar-refractivity contribution < 1.29 is 9.47 Å². The molecule has 0 unspecified atom stereocenters. The van der Waals surface area contributed by atoms with Gasteiger partial charge in [-0.2, -0.15) is 0 Å². The normalized spacial score (nSPS) is 20.9. The molecule has 3 nitrogen and oxygen atoms in total. The summed E-state index contributed by atoms with van der Waals surface area (Å²) in [7, 11) is 1.71. The molecule has 0 spiro atoms. The highest BCUT2D eigenvalue weighted by Gasteiger charge is 2.33. The standard InChI is InChI=1S/C23H39NO2/c1-18(2)6-9-20(21-13-15-26-23(3,4)16-21)12-14-24-17-19-7-10-22(25-5)11-8-19/h7-8,10-11,18,20-21,24H,6,9,12-17H2,1-5H3/t20-,21-/m0/s1. The van der Waals surface area contributed by atoms with Crippen molar-refractivity contribution in [1.29, 1.82) is 0 Å². The molecule has 1 aliphatic rings. The van der Waals surface area contributed by atoms with Gasteiger partial charge in [0, 0.05) is 13.2 Å². The predicted octanol–water partition coefficient (Wildman–Crippen LogP) is 5.43. The van der Waals surface area contributed by atoms with Gasteiger partial charge < -0.3 is 14.8 Å². The van der Waals surface area contributed by atoms with Crippen molar-refractivity contribution in [2.45, 2.75) is 71.9 Å². The Kier molecular flexibility index (Phi) is 8.43. The molecule has 1 fully saturated rings. The maximum atomic E-state index is 5.95. The maximum Gasteiger partial charge on any atom is 0.118 e. The number of nitrogens with one attached hydrogen (secondary N) is 1. The van der Waals surface area contributed by atoms with Crippen molar-refractivity contribution in [3.63, 3.8) is 0 Å². The Bertz CT molecular complexity index is 509. The minimum absolute atomic E-state index is 0.0511. The average molecular weight is 362 g/mol. The topological polar surface area (TPSA) is 30.5 Å². The van der Waals surface area contributed by atoms with Gasteiger partial charge in [0.15, 0.2) is 0 Å². The van der Waals surface area contributed by atoms with Gasteiger partial charge in [-0.1, -0.05) is 32.4 Å². The Labute approximate surface area is 160 Å². The quantitative estimate of drug-likeness (QED) is 0.563. The van der Waals surface area contributed by atoms with E-state index in [0.717, 1.165) is 43.2 Å². The molecule has 148 valence electrons. The fourth-order valence-corrected chi connectivity index (χ4v) is 4.11. The fraction of sp³-hybridized carbons (Fsp3) is 0.739. The number of hydrogen-bond donors (Lipinski definition) is 1. The minimum Gasteiger partial charge on any atom is -0.497 e. The Morgan fingerprint density at radius 1 is 1.15 bits per heavy atom. The van der Waals surface area contributed by atoms with E-state index in [1.807, 2.05) is 12.1 Å². The first-order valence-corrected chi connectivity index (χ1v) is 10.4. The maximum absolute atomic E-state index is 5.95. The molecule has 0 bridgehead atoms. The second kappa shape index (κ2) is 10.3. The first-order chi connectivity index (χ1) is 12.4. The van der Waals surface area contributed by atoms with Crippen molar-refractivity contribution in [3.8, 4) is 5.75 Å². The monoisotopic (exact) mass is 361 g/mol. The Hall–Kier alpha value is -1.06. The lowest BCUT2D eigenvalue weighted by molar-refractivity contribution is -0.0839. The van der Waals surface area contributed by atoms with Crippen molar-refractivity contribution in [2.75, 3.05) is 20.3 Å². The third-order valence-corrected chi connectivity index (χ3v) is 5.70. The fourth-order valence-electron chi connectivity index (χ4n) is 4.11. The zero-order chi connectivity index (χ0) is 19.0. The first-order valence-electron chi connectivity index (χ1n) is 10.4. The Morgan fingerprint density at radius 3 is 2.50 bits per heavy atom. The Balaban J connectivity index is 1.81. The van der Waals surface area contributed by atoms with Crippen LogP contribution in [0, 0.1) is 17.8 Å². The van der Waals surface area contributed by atoms with Gasteiger partial charge in [-0.25, -0.2) is 0 Å². The van der Waals surface area contributed by atoms with Gasteiger partial charge in [0.2, 0.25) is 0 Å². The van der Waals surface area contributed by atoms with Gasteiger partial charge in [0.05, 0.1) is 12.7 Å². The summed E-state index contributed by atoms with van der Waals surface area (Å²) in [5, 5.41) is 3.65. The molecule has 0 aliphatic carbocycles. The summed E-state index contributed by atoms with van der Waals surface area (Å²) in [6, 6.07) is 8.35. The van der Waals surface area contributed by atoms with Crippen LogP contribution in [0.5, 0.6) is 5.75 Å². The highest BCUT2D eigenvalue weighted by atomic mass is 16.5. The van der Waals surface area contributed by atoms with Crippen LogP contribution in [0.3, 0.4) is 0 Å². The highest BCUT2D eigenvalue weighted by Crippen LogP contribution is 2.37.